The summed E-state index contributed by atoms with van der Waals surface area (Å²) in [4.78, 5) is 2.09. The summed E-state index contributed by atoms with van der Waals surface area (Å²) in [6.07, 6.45) is 1.28. The van der Waals surface area contributed by atoms with Gasteiger partial charge in [-0.25, -0.2) is 0 Å². The van der Waals surface area contributed by atoms with Gasteiger partial charge >= 0.3 is 0 Å². The molecule has 2 aliphatic rings. The van der Waals surface area contributed by atoms with Crippen LogP contribution in [0.25, 0.3) is 0 Å². The maximum Gasteiger partial charge on any atom is 0.181 e. The van der Waals surface area contributed by atoms with Crippen LogP contribution in [0.3, 0.4) is 0 Å². The highest BCUT2D eigenvalue weighted by atomic mass is 16.7. The summed E-state index contributed by atoms with van der Waals surface area (Å²) >= 11 is 0. The van der Waals surface area contributed by atoms with Crippen molar-refractivity contribution in [2.45, 2.75) is 24.7 Å². The molecule has 0 amide bonds. The molecule has 5 heteroatoms. The first kappa shape index (κ1) is 11.3. The molecule has 0 aromatic rings. The highest BCUT2D eigenvalue weighted by Crippen LogP contribution is 2.29. The first-order valence-electron chi connectivity index (χ1n) is 5.53. The SMILES string of the molecule is OCC(O)CN1CCCC2(C1)OCCO2. The van der Waals surface area contributed by atoms with Gasteiger partial charge in [0, 0.05) is 13.0 Å². The molecule has 2 fully saturated rings. The Labute approximate surface area is 89.6 Å². The minimum Gasteiger partial charge on any atom is -0.394 e. The van der Waals surface area contributed by atoms with Crippen LogP contribution in [0.1, 0.15) is 12.8 Å². The van der Waals surface area contributed by atoms with Crippen LogP contribution >= 0.6 is 0 Å². The molecule has 5 nitrogen and oxygen atoms in total. The monoisotopic (exact) mass is 217 g/mol. The second-order valence-corrected chi connectivity index (χ2v) is 4.28. The predicted octanol–water partition coefficient (Wildman–Crippen LogP) is -0.821. The molecule has 0 aromatic carbocycles. The van der Waals surface area contributed by atoms with Gasteiger partial charge in [0.15, 0.2) is 5.79 Å². The fourth-order valence-corrected chi connectivity index (χ4v) is 2.32. The number of piperidine rings is 1. The number of nitrogens with zero attached hydrogens (tertiary/aromatic N) is 1. The maximum absolute atomic E-state index is 9.37. The molecule has 0 aromatic heterocycles. The highest BCUT2D eigenvalue weighted by Gasteiger charge is 2.40. The van der Waals surface area contributed by atoms with E-state index < -0.39 is 11.9 Å². The summed E-state index contributed by atoms with van der Waals surface area (Å²) in [7, 11) is 0. The number of hydrogen-bond acceptors (Lipinski definition) is 5. The largest absolute Gasteiger partial charge is 0.394 e. The number of aliphatic hydroxyl groups is 2. The normalized spacial score (nSPS) is 28.4. The molecule has 0 radical (unpaired) electrons. The topological polar surface area (TPSA) is 62.2 Å². The minimum absolute atomic E-state index is 0.189. The van der Waals surface area contributed by atoms with E-state index in [1.807, 2.05) is 0 Å². The van der Waals surface area contributed by atoms with Crippen molar-refractivity contribution < 1.29 is 19.7 Å². The van der Waals surface area contributed by atoms with Crippen LogP contribution in [0, 0.1) is 0 Å². The number of rotatable bonds is 3. The van der Waals surface area contributed by atoms with Crippen LogP contribution in [0.5, 0.6) is 0 Å². The Kier molecular flexibility index (Phi) is 3.58. The van der Waals surface area contributed by atoms with E-state index in [1.54, 1.807) is 0 Å². The highest BCUT2D eigenvalue weighted by molar-refractivity contribution is 4.84. The molecule has 2 rings (SSSR count). The van der Waals surface area contributed by atoms with E-state index in [9.17, 15) is 5.11 Å². The molecule has 2 N–H and O–H groups in total. The molecule has 0 bridgehead atoms. The molecule has 1 spiro atoms. The van der Waals surface area contributed by atoms with Gasteiger partial charge in [0.2, 0.25) is 0 Å². The van der Waals surface area contributed by atoms with Crippen LogP contribution in [0.15, 0.2) is 0 Å². The van der Waals surface area contributed by atoms with Gasteiger partial charge in [-0.1, -0.05) is 0 Å². The molecule has 2 aliphatic heterocycles. The van der Waals surface area contributed by atoms with Crippen LogP contribution in [-0.4, -0.2) is 66.5 Å². The predicted molar refractivity (Wildman–Crippen MR) is 53.4 cm³/mol. The summed E-state index contributed by atoms with van der Waals surface area (Å²) in [5.74, 6) is -0.437. The van der Waals surface area contributed by atoms with E-state index in [-0.39, 0.29) is 6.61 Å². The molecular weight excluding hydrogens is 198 g/mol. The fraction of sp³-hybridized carbons (Fsp3) is 1.00. The van der Waals surface area contributed by atoms with Gasteiger partial charge in [0.05, 0.1) is 32.5 Å². The zero-order valence-electron chi connectivity index (χ0n) is 8.89. The van der Waals surface area contributed by atoms with Gasteiger partial charge in [0.25, 0.3) is 0 Å². The lowest BCUT2D eigenvalue weighted by Crippen LogP contribution is -2.51. The summed E-state index contributed by atoms with van der Waals surface area (Å²) in [6.45, 7) is 3.26. The van der Waals surface area contributed by atoms with Crippen molar-refractivity contribution in [3.63, 3.8) is 0 Å². The first-order valence-corrected chi connectivity index (χ1v) is 5.53. The van der Waals surface area contributed by atoms with Crippen LogP contribution in [-0.2, 0) is 9.47 Å². The van der Waals surface area contributed by atoms with E-state index in [4.69, 9.17) is 14.6 Å². The van der Waals surface area contributed by atoms with Crippen LogP contribution in [0.4, 0.5) is 0 Å². The molecule has 0 saturated carbocycles. The van der Waals surface area contributed by atoms with E-state index in [2.05, 4.69) is 4.90 Å². The lowest BCUT2D eigenvalue weighted by molar-refractivity contribution is -0.191. The third kappa shape index (κ3) is 2.68. The third-order valence-electron chi connectivity index (χ3n) is 2.99. The van der Waals surface area contributed by atoms with Gasteiger partial charge in [0.1, 0.15) is 0 Å². The smallest absolute Gasteiger partial charge is 0.181 e. The van der Waals surface area contributed by atoms with Crippen molar-refractivity contribution in [1.29, 1.82) is 0 Å². The molecule has 2 heterocycles. The summed E-state index contributed by atoms with van der Waals surface area (Å²) in [5.41, 5.74) is 0. The quantitative estimate of drug-likeness (QED) is 0.646. The average Bonchev–Trinajstić information content (AvgIpc) is 2.66. The maximum atomic E-state index is 9.37. The summed E-state index contributed by atoms with van der Waals surface area (Å²) in [5, 5.41) is 18.2. The Morgan fingerprint density at radius 2 is 2.07 bits per heavy atom. The number of hydrogen-bond donors (Lipinski definition) is 2. The summed E-state index contributed by atoms with van der Waals surface area (Å²) in [6, 6.07) is 0. The molecular formula is C10H19NO4. The number of likely N-dealkylation sites (tertiary alicyclic amines) is 1. The standard InChI is InChI=1S/C10H19NO4/c12-7-9(13)6-11-3-1-2-10(8-11)14-4-5-15-10/h9,12-13H,1-8H2. The lowest BCUT2D eigenvalue weighted by Gasteiger charge is -2.39. The molecule has 1 unspecified atom stereocenters. The van der Waals surface area contributed by atoms with E-state index >= 15 is 0 Å². The van der Waals surface area contributed by atoms with E-state index in [1.165, 1.54) is 0 Å². The Morgan fingerprint density at radius 1 is 1.33 bits per heavy atom. The van der Waals surface area contributed by atoms with Crippen molar-refractivity contribution >= 4 is 0 Å². The third-order valence-corrected chi connectivity index (χ3v) is 2.99. The Bertz CT molecular complexity index is 206. The van der Waals surface area contributed by atoms with E-state index in [0.29, 0.717) is 26.3 Å². The molecule has 88 valence electrons. The Balaban J connectivity index is 1.86. The fourth-order valence-electron chi connectivity index (χ4n) is 2.32. The van der Waals surface area contributed by atoms with Crippen LogP contribution < -0.4 is 0 Å². The average molecular weight is 217 g/mol. The van der Waals surface area contributed by atoms with Crippen molar-refractivity contribution in [1.82, 2.24) is 4.90 Å². The molecule has 1 atom stereocenters. The molecule has 15 heavy (non-hydrogen) atoms. The Hall–Kier alpha value is -0.200. The van der Waals surface area contributed by atoms with Crippen molar-refractivity contribution in [3.8, 4) is 0 Å². The molecule has 2 saturated heterocycles. The zero-order valence-corrected chi connectivity index (χ0v) is 8.89. The number of ether oxygens (including phenoxy) is 2. The zero-order chi connectivity index (χ0) is 10.7. The second-order valence-electron chi connectivity index (χ2n) is 4.28. The Morgan fingerprint density at radius 3 is 2.73 bits per heavy atom. The van der Waals surface area contributed by atoms with Gasteiger partial charge in [-0.05, 0) is 13.0 Å². The number of β-amino-alcohol motifs (C(OH)–C–C–N with tert-alkyl or cyclic N) is 1. The van der Waals surface area contributed by atoms with Gasteiger partial charge in [-0.2, -0.15) is 0 Å². The van der Waals surface area contributed by atoms with Crippen molar-refractivity contribution in [3.05, 3.63) is 0 Å². The van der Waals surface area contributed by atoms with Crippen LogP contribution in [0.2, 0.25) is 0 Å². The van der Waals surface area contributed by atoms with Crippen molar-refractivity contribution in [2.75, 3.05) is 39.5 Å². The second kappa shape index (κ2) is 4.76. The van der Waals surface area contributed by atoms with E-state index in [0.717, 1.165) is 19.4 Å². The summed E-state index contributed by atoms with van der Waals surface area (Å²) < 4.78 is 11.2. The first-order chi connectivity index (χ1) is 7.24. The van der Waals surface area contributed by atoms with Gasteiger partial charge in [-0.15, -0.1) is 0 Å². The lowest BCUT2D eigenvalue weighted by atomic mass is 10.0. The van der Waals surface area contributed by atoms with Crippen molar-refractivity contribution in [2.24, 2.45) is 0 Å². The molecule has 0 aliphatic carbocycles. The number of aliphatic hydroxyl groups excluding tert-OH is 2. The minimum atomic E-state index is -0.665. The van der Waals surface area contributed by atoms with Gasteiger partial charge < -0.3 is 19.7 Å². The van der Waals surface area contributed by atoms with Gasteiger partial charge in [-0.3, -0.25) is 4.90 Å².